The van der Waals surface area contributed by atoms with E-state index < -0.39 is 0 Å². The van der Waals surface area contributed by atoms with Crippen LogP contribution in [0.5, 0.6) is 0 Å². The lowest BCUT2D eigenvalue weighted by Gasteiger charge is -2.08. The first-order valence-corrected chi connectivity index (χ1v) is 7.11. The summed E-state index contributed by atoms with van der Waals surface area (Å²) < 4.78 is 1.64. The Morgan fingerprint density at radius 3 is 2.76 bits per heavy atom. The van der Waals surface area contributed by atoms with Crippen molar-refractivity contribution in [3.05, 3.63) is 29.8 Å². The molecule has 0 spiro atoms. The summed E-state index contributed by atoms with van der Waals surface area (Å²) in [5.41, 5.74) is 2.08. The second kappa shape index (κ2) is 5.90. The summed E-state index contributed by atoms with van der Waals surface area (Å²) in [6.45, 7) is 3.19. The zero-order chi connectivity index (χ0) is 14.7. The first-order chi connectivity index (χ1) is 10.2. The van der Waals surface area contributed by atoms with Crippen molar-refractivity contribution in [1.29, 1.82) is 0 Å². The molecule has 0 bridgehead atoms. The quantitative estimate of drug-likeness (QED) is 0.771. The van der Waals surface area contributed by atoms with Crippen LogP contribution in [0, 0.1) is 12.8 Å². The molecule has 2 N–H and O–H groups in total. The van der Waals surface area contributed by atoms with Gasteiger partial charge in [0.05, 0.1) is 5.69 Å². The fraction of sp³-hybridized carbons (Fsp3) is 0.429. The normalized spacial score (nSPS) is 14.0. The monoisotopic (exact) mass is 286 g/mol. The largest absolute Gasteiger partial charge is 0.354 e. The van der Waals surface area contributed by atoms with Gasteiger partial charge in [-0.2, -0.15) is 4.68 Å². The standard InChI is InChI=1S/C14H18N6O/c1-10-2-6-12(7-3-10)20-14(17-18-19-20)16-9-8-15-13(21)11-4-5-11/h2-3,6-7,11H,4-5,8-9H2,1H3,(H,15,21)(H,16,17,19). The van der Waals surface area contributed by atoms with E-state index in [-0.39, 0.29) is 11.8 Å². The van der Waals surface area contributed by atoms with Crippen LogP contribution in [-0.4, -0.2) is 39.2 Å². The number of aromatic nitrogens is 4. The van der Waals surface area contributed by atoms with Gasteiger partial charge in [0.15, 0.2) is 0 Å². The van der Waals surface area contributed by atoms with Gasteiger partial charge in [0, 0.05) is 19.0 Å². The van der Waals surface area contributed by atoms with Gasteiger partial charge in [-0.3, -0.25) is 4.79 Å². The van der Waals surface area contributed by atoms with Gasteiger partial charge < -0.3 is 10.6 Å². The summed E-state index contributed by atoms with van der Waals surface area (Å²) in [5, 5.41) is 17.6. The lowest BCUT2D eigenvalue weighted by Crippen LogP contribution is -2.30. The number of tetrazole rings is 1. The zero-order valence-corrected chi connectivity index (χ0v) is 11.9. The highest BCUT2D eigenvalue weighted by molar-refractivity contribution is 5.80. The molecule has 0 radical (unpaired) electrons. The first-order valence-electron chi connectivity index (χ1n) is 7.11. The summed E-state index contributed by atoms with van der Waals surface area (Å²) in [6, 6.07) is 7.95. The van der Waals surface area contributed by atoms with Gasteiger partial charge in [-0.15, -0.1) is 0 Å². The molecule has 1 aromatic heterocycles. The molecule has 0 atom stereocenters. The van der Waals surface area contributed by atoms with Crippen LogP contribution in [-0.2, 0) is 4.79 Å². The Morgan fingerprint density at radius 1 is 1.29 bits per heavy atom. The van der Waals surface area contributed by atoms with Crippen molar-refractivity contribution in [2.45, 2.75) is 19.8 Å². The predicted octanol–water partition coefficient (Wildman–Crippen LogP) is 0.909. The molecular formula is C14H18N6O. The summed E-state index contributed by atoms with van der Waals surface area (Å²) in [5.74, 6) is 0.956. The molecule has 0 unspecified atom stereocenters. The van der Waals surface area contributed by atoms with Crippen molar-refractivity contribution in [2.24, 2.45) is 5.92 Å². The van der Waals surface area contributed by atoms with Gasteiger partial charge in [0.1, 0.15) is 0 Å². The number of carbonyl (C=O) groups excluding carboxylic acids is 1. The number of hydrogen-bond acceptors (Lipinski definition) is 5. The van der Waals surface area contributed by atoms with Crippen LogP contribution in [0.2, 0.25) is 0 Å². The van der Waals surface area contributed by atoms with Gasteiger partial charge in [-0.05, 0) is 42.3 Å². The van der Waals surface area contributed by atoms with Gasteiger partial charge >= 0.3 is 0 Å². The van der Waals surface area contributed by atoms with Crippen LogP contribution >= 0.6 is 0 Å². The molecule has 1 aromatic carbocycles. The summed E-state index contributed by atoms with van der Waals surface area (Å²) >= 11 is 0. The average Bonchev–Trinajstić information content (AvgIpc) is 3.24. The van der Waals surface area contributed by atoms with E-state index in [1.807, 2.05) is 31.2 Å². The van der Waals surface area contributed by atoms with Crippen LogP contribution in [0.1, 0.15) is 18.4 Å². The Morgan fingerprint density at radius 2 is 2.05 bits per heavy atom. The van der Waals surface area contributed by atoms with Gasteiger partial charge in [0.2, 0.25) is 11.9 Å². The average molecular weight is 286 g/mol. The van der Waals surface area contributed by atoms with Crippen molar-refractivity contribution >= 4 is 11.9 Å². The van der Waals surface area contributed by atoms with Crippen LogP contribution in [0.3, 0.4) is 0 Å². The van der Waals surface area contributed by atoms with E-state index in [2.05, 4.69) is 26.2 Å². The molecule has 7 heteroatoms. The Hall–Kier alpha value is -2.44. The van der Waals surface area contributed by atoms with Gasteiger partial charge in [-0.1, -0.05) is 22.8 Å². The highest BCUT2D eigenvalue weighted by Crippen LogP contribution is 2.28. The van der Waals surface area contributed by atoms with E-state index in [1.165, 1.54) is 5.56 Å². The van der Waals surface area contributed by atoms with Crippen LogP contribution in [0.25, 0.3) is 5.69 Å². The highest BCUT2D eigenvalue weighted by Gasteiger charge is 2.28. The summed E-state index contributed by atoms with van der Waals surface area (Å²) in [7, 11) is 0. The van der Waals surface area contributed by atoms with E-state index in [1.54, 1.807) is 4.68 Å². The SMILES string of the molecule is Cc1ccc(-n2nnnc2NCCNC(=O)C2CC2)cc1. The van der Waals surface area contributed by atoms with E-state index >= 15 is 0 Å². The number of nitrogens with zero attached hydrogens (tertiary/aromatic N) is 4. The molecule has 1 saturated carbocycles. The molecule has 7 nitrogen and oxygen atoms in total. The minimum Gasteiger partial charge on any atom is -0.354 e. The maximum absolute atomic E-state index is 11.5. The Bertz CT molecular complexity index is 617. The van der Waals surface area contributed by atoms with Crippen LogP contribution in [0.15, 0.2) is 24.3 Å². The molecule has 2 aromatic rings. The predicted molar refractivity (Wildman–Crippen MR) is 78.1 cm³/mol. The van der Waals surface area contributed by atoms with Crippen molar-refractivity contribution < 1.29 is 4.79 Å². The molecule has 110 valence electrons. The van der Waals surface area contributed by atoms with Crippen molar-refractivity contribution in [3.8, 4) is 5.69 Å². The molecule has 1 fully saturated rings. The van der Waals surface area contributed by atoms with E-state index in [0.717, 1.165) is 18.5 Å². The number of anilines is 1. The number of rotatable bonds is 6. The van der Waals surface area contributed by atoms with E-state index in [9.17, 15) is 4.79 Å². The molecule has 21 heavy (non-hydrogen) atoms. The fourth-order valence-corrected chi connectivity index (χ4v) is 2.01. The van der Waals surface area contributed by atoms with Crippen LogP contribution in [0.4, 0.5) is 5.95 Å². The molecular weight excluding hydrogens is 268 g/mol. The zero-order valence-electron chi connectivity index (χ0n) is 11.9. The van der Waals surface area contributed by atoms with Crippen molar-refractivity contribution in [2.75, 3.05) is 18.4 Å². The van der Waals surface area contributed by atoms with Crippen molar-refractivity contribution in [3.63, 3.8) is 0 Å². The summed E-state index contributed by atoms with van der Waals surface area (Å²) in [4.78, 5) is 11.5. The van der Waals surface area contributed by atoms with Gasteiger partial charge in [-0.25, -0.2) is 0 Å². The van der Waals surface area contributed by atoms with E-state index in [4.69, 9.17) is 0 Å². The smallest absolute Gasteiger partial charge is 0.247 e. The molecule has 3 rings (SSSR count). The molecule has 1 amide bonds. The number of carbonyl (C=O) groups is 1. The highest BCUT2D eigenvalue weighted by atomic mass is 16.2. The minimum atomic E-state index is 0.148. The number of nitrogens with one attached hydrogen (secondary N) is 2. The fourth-order valence-electron chi connectivity index (χ4n) is 2.01. The number of benzene rings is 1. The lowest BCUT2D eigenvalue weighted by molar-refractivity contribution is -0.122. The maximum atomic E-state index is 11.5. The molecule has 1 aliphatic carbocycles. The topological polar surface area (TPSA) is 84.7 Å². The third kappa shape index (κ3) is 3.36. The number of amides is 1. The Kier molecular flexibility index (Phi) is 3.81. The maximum Gasteiger partial charge on any atom is 0.247 e. The van der Waals surface area contributed by atoms with Crippen molar-refractivity contribution in [1.82, 2.24) is 25.5 Å². The first kappa shape index (κ1) is 13.5. The number of aryl methyl sites for hydroxylation is 1. The van der Waals surface area contributed by atoms with Gasteiger partial charge in [0.25, 0.3) is 0 Å². The molecule has 0 aliphatic heterocycles. The molecule has 1 heterocycles. The third-order valence-corrected chi connectivity index (χ3v) is 3.40. The summed E-state index contributed by atoms with van der Waals surface area (Å²) in [6.07, 6.45) is 2.04. The molecule has 1 aliphatic rings. The lowest BCUT2D eigenvalue weighted by atomic mass is 10.2. The Balaban J connectivity index is 1.55. The molecule has 0 saturated heterocycles. The van der Waals surface area contributed by atoms with Crippen LogP contribution < -0.4 is 10.6 Å². The second-order valence-electron chi connectivity index (χ2n) is 5.24. The number of hydrogen-bond donors (Lipinski definition) is 2. The Labute approximate surface area is 122 Å². The second-order valence-corrected chi connectivity index (χ2v) is 5.24. The van der Waals surface area contributed by atoms with E-state index in [0.29, 0.717) is 19.0 Å². The minimum absolute atomic E-state index is 0.148. The third-order valence-electron chi connectivity index (χ3n) is 3.40.